The SMILES string of the molecule is CCCC1CC(Nc2ccc(-n3ccnc3)nc2)CCO1. The molecular weight excluding hydrogens is 264 g/mol. The predicted molar refractivity (Wildman–Crippen MR) is 82.7 cm³/mol. The third-order valence-corrected chi connectivity index (χ3v) is 3.87. The highest BCUT2D eigenvalue weighted by molar-refractivity contribution is 5.44. The summed E-state index contributed by atoms with van der Waals surface area (Å²) in [4.78, 5) is 8.51. The minimum atomic E-state index is 0.402. The summed E-state index contributed by atoms with van der Waals surface area (Å²) in [5.74, 6) is 0.883. The monoisotopic (exact) mass is 286 g/mol. The topological polar surface area (TPSA) is 52.0 Å². The maximum Gasteiger partial charge on any atom is 0.137 e. The van der Waals surface area contributed by atoms with E-state index in [-0.39, 0.29) is 0 Å². The Kier molecular flexibility index (Phi) is 4.50. The van der Waals surface area contributed by atoms with Crippen LogP contribution in [0.4, 0.5) is 5.69 Å². The summed E-state index contributed by atoms with van der Waals surface area (Å²) in [6.07, 6.45) is 12.2. The lowest BCUT2D eigenvalue weighted by atomic mass is 10.00. The van der Waals surface area contributed by atoms with Crippen LogP contribution in [-0.2, 0) is 4.74 Å². The number of rotatable bonds is 5. The number of ether oxygens (including phenoxy) is 1. The molecule has 3 rings (SSSR count). The summed E-state index contributed by atoms with van der Waals surface area (Å²) in [7, 11) is 0. The van der Waals surface area contributed by atoms with Crippen molar-refractivity contribution in [2.24, 2.45) is 0 Å². The Morgan fingerprint density at radius 1 is 1.43 bits per heavy atom. The summed E-state index contributed by atoms with van der Waals surface area (Å²) in [6.45, 7) is 3.06. The number of pyridine rings is 1. The van der Waals surface area contributed by atoms with Gasteiger partial charge in [0.15, 0.2) is 0 Å². The van der Waals surface area contributed by atoms with Crippen molar-refractivity contribution in [3.63, 3.8) is 0 Å². The van der Waals surface area contributed by atoms with Gasteiger partial charge >= 0.3 is 0 Å². The van der Waals surface area contributed by atoms with Gasteiger partial charge in [-0.1, -0.05) is 13.3 Å². The Morgan fingerprint density at radius 2 is 2.38 bits per heavy atom. The quantitative estimate of drug-likeness (QED) is 0.918. The third kappa shape index (κ3) is 3.61. The second kappa shape index (κ2) is 6.72. The van der Waals surface area contributed by atoms with Crippen molar-refractivity contribution >= 4 is 5.69 Å². The molecule has 112 valence electrons. The van der Waals surface area contributed by atoms with Gasteiger partial charge in [-0.2, -0.15) is 0 Å². The zero-order valence-electron chi connectivity index (χ0n) is 12.4. The van der Waals surface area contributed by atoms with Crippen LogP contribution < -0.4 is 5.32 Å². The highest BCUT2D eigenvalue weighted by Gasteiger charge is 2.21. The van der Waals surface area contributed by atoms with Gasteiger partial charge in [-0.3, -0.25) is 4.57 Å². The molecule has 1 fully saturated rings. The third-order valence-electron chi connectivity index (χ3n) is 3.87. The first-order valence-corrected chi connectivity index (χ1v) is 7.67. The van der Waals surface area contributed by atoms with Crippen LogP contribution in [0.15, 0.2) is 37.1 Å². The minimum Gasteiger partial charge on any atom is -0.381 e. The van der Waals surface area contributed by atoms with Crippen molar-refractivity contribution < 1.29 is 4.74 Å². The van der Waals surface area contributed by atoms with Gasteiger partial charge < -0.3 is 10.1 Å². The molecule has 0 saturated carbocycles. The largest absolute Gasteiger partial charge is 0.381 e. The molecule has 2 atom stereocenters. The maximum absolute atomic E-state index is 5.79. The Bertz CT molecular complexity index is 536. The highest BCUT2D eigenvalue weighted by Crippen LogP contribution is 2.21. The molecule has 5 heteroatoms. The zero-order chi connectivity index (χ0) is 14.5. The number of nitrogens with one attached hydrogen (secondary N) is 1. The summed E-state index contributed by atoms with van der Waals surface area (Å²) in [5.41, 5.74) is 1.07. The first-order chi connectivity index (χ1) is 10.3. The molecular formula is C16H22N4O. The van der Waals surface area contributed by atoms with E-state index >= 15 is 0 Å². The molecule has 0 bridgehead atoms. The lowest BCUT2D eigenvalue weighted by molar-refractivity contribution is 0.00597. The average Bonchev–Trinajstić information content (AvgIpc) is 3.03. The molecule has 3 heterocycles. The van der Waals surface area contributed by atoms with Crippen LogP contribution >= 0.6 is 0 Å². The molecule has 1 saturated heterocycles. The van der Waals surface area contributed by atoms with E-state index in [0.29, 0.717) is 12.1 Å². The van der Waals surface area contributed by atoms with Gasteiger partial charge in [-0.15, -0.1) is 0 Å². The van der Waals surface area contributed by atoms with Crippen LogP contribution in [0.1, 0.15) is 32.6 Å². The maximum atomic E-state index is 5.79. The van der Waals surface area contributed by atoms with Crippen molar-refractivity contribution in [2.45, 2.75) is 44.8 Å². The smallest absolute Gasteiger partial charge is 0.137 e. The van der Waals surface area contributed by atoms with E-state index in [1.54, 1.807) is 12.5 Å². The van der Waals surface area contributed by atoms with Gasteiger partial charge in [0.1, 0.15) is 12.1 Å². The van der Waals surface area contributed by atoms with Crippen LogP contribution in [-0.4, -0.2) is 33.3 Å². The van der Waals surface area contributed by atoms with Gasteiger partial charge in [0.2, 0.25) is 0 Å². The lowest BCUT2D eigenvalue weighted by Crippen LogP contribution is -2.34. The molecule has 2 unspecified atom stereocenters. The summed E-state index contributed by atoms with van der Waals surface area (Å²) < 4.78 is 7.69. The molecule has 21 heavy (non-hydrogen) atoms. The van der Waals surface area contributed by atoms with E-state index in [2.05, 4.69) is 28.3 Å². The normalized spacial score (nSPS) is 22.1. The van der Waals surface area contributed by atoms with Gasteiger partial charge in [-0.05, 0) is 31.4 Å². The standard InChI is InChI=1S/C16H22N4O/c1-2-3-15-10-13(6-9-21-15)19-14-4-5-16(18-11-14)20-8-7-17-12-20/h4-5,7-8,11-13,15,19H,2-3,6,9-10H2,1H3. The Labute approximate surface area is 125 Å². The second-order valence-corrected chi connectivity index (χ2v) is 5.52. The summed E-state index contributed by atoms with van der Waals surface area (Å²) >= 11 is 0. The minimum absolute atomic E-state index is 0.402. The Morgan fingerprint density at radius 3 is 3.10 bits per heavy atom. The lowest BCUT2D eigenvalue weighted by Gasteiger charge is -2.30. The van der Waals surface area contributed by atoms with Gasteiger partial charge in [0.05, 0.1) is 18.0 Å². The molecule has 0 aliphatic carbocycles. The Hall–Kier alpha value is -1.88. The van der Waals surface area contributed by atoms with Crippen LogP contribution in [0, 0.1) is 0 Å². The molecule has 0 spiro atoms. The van der Waals surface area contributed by atoms with Crippen LogP contribution in [0.3, 0.4) is 0 Å². The molecule has 0 radical (unpaired) electrons. The fraction of sp³-hybridized carbons (Fsp3) is 0.500. The van der Waals surface area contributed by atoms with Crippen molar-refractivity contribution in [2.75, 3.05) is 11.9 Å². The summed E-state index contributed by atoms with van der Waals surface area (Å²) in [5, 5.41) is 3.57. The molecule has 5 nitrogen and oxygen atoms in total. The first-order valence-electron chi connectivity index (χ1n) is 7.67. The molecule has 0 amide bonds. The van der Waals surface area contributed by atoms with Crippen molar-refractivity contribution in [1.29, 1.82) is 0 Å². The van der Waals surface area contributed by atoms with Crippen molar-refractivity contribution in [1.82, 2.24) is 14.5 Å². The fourth-order valence-electron chi connectivity index (χ4n) is 2.79. The van der Waals surface area contributed by atoms with Gasteiger partial charge in [-0.25, -0.2) is 9.97 Å². The molecule has 1 N–H and O–H groups in total. The van der Waals surface area contributed by atoms with Crippen molar-refractivity contribution in [3.05, 3.63) is 37.1 Å². The highest BCUT2D eigenvalue weighted by atomic mass is 16.5. The zero-order valence-corrected chi connectivity index (χ0v) is 12.4. The first kappa shape index (κ1) is 14.1. The van der Waals surface area contributed by atoms with Crippen LogP contribution in [0.25, 0.3) is 5.82 Å². The number of aromatic nitrogens is 3. The van der Waals surface area contributed by atoms with E-state index in [0.717, 1.165) is 37.4 Å². The van der Waals surface area contributed by atoms with E-state index < -0.39 is 0 Å². The van der Waals surface area contributed by atoms with E-state index in [4.69, 9.17) is 4.74 Å². The summed E-state index contributed by atoms with van der Waals surface area (Å²) in [6, 6.07) is 4.57. The van der Waals surface area contributed by atoms with E-state index in [9.17, 15) is 0 Å². The van der Waals surface area contributed by atoms with Crippen LogP contribution in [0.5, 0.6) is 0 Å². The molecule has 2 aromatic heterocycles. The number of nitrogens with zero attached hydrogens (tertiary/aromatic N) is 3. The fourth-order valence-corrected chi connectivity index (χ4v) is 2.79. The molecule has 2 aromatic rings. The van der Waals surface area contributed by atoms with Gasteiger partial charge in [0.25, 0.3) is 0 Å². The number of anilines is 1. The number of hydrogen-bond acceptors (Lipinski definition) is 4. The average molecular weight is 286 g/mol. The number of imidazole rings is 1. The molecule has 0 aromatic carbocycles. The Balaban J connectivity index is 1.60. The van der Waals surface area contributed by atoms with Crippen molar-refractivity contribution in [3.8, 4) is 5.82 Å². The van der Waals surface area contributed by atoms with Crippen LogP contribution in [0.2, 0.25) is 0 Å². The van der Waals surface area contributed by atoms with E-state index in [1.807, 2.05) is 23.0 Å². The van der Waals surface area contributed by atoms with E-state index in [1.165, 1.54) is 6.42 Å². The number of hydrogen-bond donors (Lipinski definition) is 1. The second-order valence-electron chi connectivity index (χ2n) is 5.52. The molecule has 1 aliphatic rings. The predicted octanol–water partition coefficient (Wildman–Crippen LogP) is 3.03. The van der Waals surface area contributed by atoms with Gasteiger partial charge in [0, 0.05) is 25.0 Å². The molecule has 1 aliphatic heterocycles.